The molecule has 0 aliphatic rings. The van der Waals surface area contributed by atoms with Crippen LogP contribution in [-0.4, -0.2) is 59.3 Å². The lowest BCUT2D eigenvalue weighted by Gasteiger charge is -2.46. The van der Waals surface area contributed by atoms with Crippen LogP contribution in [0.1, 0.15) is 44.8 Å². The third-order valence-corrected chi connectivity index (χ3v) is 11.0. The highest BCUT2D eigenvalue weighted by Gasteiger charge is 2.64. The van der Waals surface area contributed by atoms with Gasteiger partial charge in [-0.05, 0) is 109 Å². The van der Waals surface area contributed by atoms with Crippen LogP contribution in [0, 0.1) is 25.5 Å². The molecule has 346 valence electrons. The molecule has 0 saturated carbocycles. The maximum absolute atomic E-state index is 15.8. The van der Waals surface area contributed by atoms with Crippen molar-refractivity contribution in [3.05, 3.63) is 178 Å². The summed E-state index contributed by atoms with van der Waals surface area (Å²) in [5.41, 5.74) is -8.84. The number of rotatable bonds is 15. The molecule has 2 aromatic heterocycles. The van der Waals surface area contributed by atoms with Gasteiger partial charge in [-0.2, -0.15) is 26.3 Å². The molecule has 66 heavy (non-hydrogen) atoms. The molecular formula is C48H42F8N4O6. The third-order valence-electron chi connectivity index (χ3n) is 11.0. The van der Waals surface area contributed by atoms with E-state index in [0.29, 0.717) is 11.1 Å². The number of nitrogens with zero attached hydrogens (tertiary/aromatic N) is 4. The molecule has 2 amide bonds. The van der Waals surface area contributed by atoms with E-state index in [0.717, 1.165) is 95.0 Å². The van der Waals surface area contributed by atoms with Gasteiger partial charge >= 0.3 is 12.4 Å². The summed E-state index contributed by atoms with van der Waals surface area (Å²) < 4.78 is 121. The van der Waals surface area contributed by atoms with Gasteiger partial charge in [0.1, 0.15) is 34.5 Å². The Hall–Kier alpha value is -6.92. The molecule has 0 spiro atoms. The van der Waals surface area contributed by atoms with Crippen LogP contribution in [0.2, 0.25) is 0 Å². The van der Waals surface area contributed by atoms with Crippen LogP contribution in [0.3, 0.4) is 0 Å². The normalized spacial score (nSPS) is 13.6. The highest BCUT2D eigenvalue weighted by Crippen LogP contribution is 2.46. The summed E-state index contributed by atoms with van der Waals surface area (Å²) in [4.78, 5) is 40.5. The molecule has 0 saturated heterocycles. The number of hydrogen-bond donors (Lipinski definition) is 2. The zero-order valence-electron chi connectivity index (χ0n) is 35.7. The number of anilines is 2. The number of halogens is 8. The summed E-state index contributed by atoms with van der Waals surface area (Å²) >= 11 is 0. The van der Waals surface area contributed by atoms with Crippen molar-refractivity contribution in [2.45, 2.75) is 50.2 Å². The number of aromatic nitrogens is 2. The predicted molar refractivity (Wildman–Crippen MR) is 227 cm³/mol. The first-order chi connectivity index (χ1) is 31.1. The molecule has 2 heterocycles. The first-order valence-electron chi connectivity index (χ1n) is 20.1. The maximum atomic E-state index is 15.8. The molecule has 2 atom stereocenters. The lowest BCUT2D eigenvalue weighted by Crippen LogP contribution is -2.66. The standard InChI is InChI=1S/C48H42F8N4O6/c1-29-5-17-37(25-39(29)65-3)59(23-21-31-7-19-41(57-27-31)47(51,52)53)43(61)45(63,33-9-13-35(49)14-10-33)46(64,34-11-15-36(50)16-12-34)44(62)60(38-18-6-30(2)40(26-38)66-4)24-22-32-8-20-42(58-28-32)48(54,55)56/h5-20,25-28,63-64H,21-24H2,1-4H3. The maximum Gasteiger partial charge on any atom is 0.433 e. The minimum atomic E-state index is -4.76. The van der Waals surface area contributed by atoms with Crippen molar-refractivity contribution >= 4 is 23.2 Å². The monoisotopic (exact) mass is 922 g/mol. The van der Waals surface area contributed by atoms with Gasteiger partial charge in [-0.1, -0.05) is 48.5 Å². The Bertz CT molecular complexity index is 2480. The van der Waals surface area contributed by atoms with Gasteiger partial charge in [-0.15, -0.1) is 0 Å². The summed E-state index contributed by atoms with van der Waals surface area (Å²) in [7, 11) is 2.70. The minimum absolute atomic E-state index is 0.00620. The van der Waals surface area contributed by atoms with Crippen molar-refractivity contribution in [1.29, 1.82) is 0 Å². The number of methoxy groups -OCH3 is 2. The van der Waals surface area contributed by atoms with Gasteiger partial charge in [0.2, 0.25) is 11.2 Å². The summed E-state index contributed by atoms with van der Waals surface area (Å²) in [6.07, 6.45) is -8.04. The second kappa shape index (κ2) is 19.3. The smallest absolute Gasteiger partial charge is 0.433 e. The Labute approximate surface area is 373 Å². The topological polar surface area (TPSA) is 125 Å². The fraction of sp³-hybridized carbons (Fsp3) is 0.250. The molecule has 0 radical (unpaired) electrons. The molecule has 0 aliphatic carbocycles. The quantitative estimate of drug-likeness (QED) is 0.0979. The zero-order chi connectivity index (χ0) is 48.2. The summed E-state index contributed by atoms with van der Waals surface area (Å²) in [6.45, 7) is 2.49. The largest absolute Gasteiger partial charge is 0.496 e. The number of ether oxygens (including phenoxy) is 2. The van der Waals surface area contributed by atoms with E-state index in [-0.39, 0.29) is 46.8 Å². The average molecular weight is 923 g/mol. The fourth-order valence-corrected chi connectivity index (χ4v) is 7.36. The fourth-order valence-electron chi connectivity index (χ4n) is 7.36. The number of carbonyl (C=O) groups is 2. The molecule has 0 bridgehead atoms. The summed E-state index contributed by atoms with van der Waals surface area (Å²) in [5.74, 6) is -4.05. The second-order valence-electron chi connectivity index (χ2n) is 15.3. The van der Waals surface area contributed by atoms with Crippen LogP contribution in [0.4, 0.5) is 46.5 Å². The van der Waals surface area contributed by atoms with E-state index in [1.165, 1.54) is 38.5 Å². The molecule has 10 nitrogen and oxygen atoms in total. The van der Waals surface area contributed by atoms with E-state index >= 15 is 9.59 Å². The van der Waals surface area contributed by atoms with Gasteiger partial charge in [0.15, 0.2) is 0 Å². The molecule has 18 heteroatoms. The van der Waals surface area contributed by atoms with Crippen molar-refractivity contribution in [2.24, 2.45) is 0 Å². The second-order valence-corrected chi connectivity index (χ2v) is 15.3. The summed E-state index contributed by atoms with van der Waals surface area (Å²) in [5, 5.41) is 27.0. The predicted octanol–water partition coefficient (Wildman–Crippen LogP) is 9.05. The van der Waals surface area contributed by atoms with Gasteiger partial charge < -0.3 is 29.5 Å². The Kier molecular flexibility index (Phi) is 14.2. The minimum Gasteiger partial charge on any atom is -0.496 e. The van der Waals surface area contributed by atoms with Gasteiger partial charge in [0, 0.05) is 49.0 Å². The first-order valence-corrected chi connectivity index (χ1v) is 20.1. The Morgan fingerprint density at radius 1 is 0.545 bits per heavy atom. The van der Waals surface area contributed by atoms with E-state index in [2.05, 4.69) is 9.97 Å². The van der Waals surface area contributed by atoms with Crippen LogP contribution in [0.15, 0.2) is 122 Å². The molecule has 0 aliphatic heterocycles. The lowest BCUT2D eigenvalue weighted by atomic mass is 9.71. The van der Waals surface area contributed by atoms with Crippen LogP contribution < -0.4 is 19.3 Å². The zero-order valence-corrected chi connectivity index (χ0v) is 35.7. The Morgan fingerprint density at radius 2 is 0.894 bits per heavy atom. The Balaban J connectivity index is 1.59. The van der Waals surface area contributed by atoms with Crippen molar-refractivity contribution < 1.29 is 64.4 Å². The molecule has 0 fully saturated rings. The van der Waals surface area contributed by atoms with Gasteiger partial charge in [-0.25, -0.2) is 8.78 Å². The van der Waals surface area contributed by atoms with Gasteiger partial charge in [0.05, 0.1) is 14.2 Å². The number of aryl methyl sites for hydroxylation is 2. The average Bonchev–Trinajstić information content (AvgIpc) is 3.29. The number of carbonyl (C=O) groups excluding carboxylic acids is 2. The van der Waals surface area contributed by atoms with Crippen molar-refractivity contribution in [2.75, 3.05) is 37.1 Å². The first kappa shape index (κ1) is 48.5. The van der Waals surface area contributed by atoms with E-state index in [4.69, 9.17) is 9.47 Å². The molecular weight excluding hydrogens is 881 g/mol. The molecule has 4 aromatic carbocycles. The highest BCUT2D eigenvalue weighted by atomic mass is 19.4. The number of aliphatic hydroxyl groups is 2. The number of pyridine rings is 2. The molecule has 2 N–H and O–H groups in total. The van der Waals surface area contributed by atoms with E-state index in [1.54, 1.807) is 26.0 Å². The van der Waals surface area contributed by atoms with Gasteiger partial charge in [-0.3, -0.25) is 19.6 Å². The third kappa shape index (κ3) is 9.99. The van der Waals surface area contributed by atoms with Crippen molar-refractivity contribution in [1.82, 2.24) is 9.97 Å². The number of hydrogen-bond acceptors (Lipinski definition) is 8. The lowest BCUT2D eigenvalue weighted by molar-refractivity contribution is -0.188. The molecule has 2 unspecified atom stereocenters. The van der Waals surface area contributed by atoms with Crippen molar-refractivity contribution in [3.8, 4) is 11.5 Å². The SMILES string of the molecule is COc1cc(N(CCc2ccc(C(F)(F)F)nc2)C(=O)C(O)(c2ccc(F)cc2)C(O)(C(=O)N(CCc2ccc(C(F)(F)F)nc2)c2ccc(C)c(OC)c2)c2ccc(F)cc2)ccc1C. The Morgan fingerprint density at radius 3 is 1.18 bits per heavy atom. The number of alkyl halides is 6. The van der Waals surface area contributed by atoms with Crippen molar-refractivity contribution in [3.63, 3.8) is 0 Å². The highest BCUT2D eigenvalue weighted by molar-refractivity contribution is 6.10. The van der Waals surface area contributed by atoms with Crippen LogP contribution >= 0.6 is 0 Å². The molecule has 6 aromatic rings. The van der Waals surface area contributed by atoms with E-state index in [1.807, 2.05) is 0 Å². The van der Waals surface area contributed by atoms with E-state index < -0.39 is 82.6 Å². The molecule has 6 rings (SSSR count). The van der Waals surface area contributed by atoms with Crippen LogP contribution in [0.25, 0.3) is 0 Å². The summed E-state index contributed by atoms with van der Waals surface area (Å²) in [6, 6.07) is 19.8. The van der Waals surface area contributed by atoms with Crippen LogP contribution in [0.5, 0.6) is 11.5 Å². The van der Waals surface area contributed by atoms with Gasteiger partial charge in [0.25, 0.3) is 11.8 Å². The number of amides is 2. The number of benzene rings is 4. The van der Waals surface area contributed by atoms with Crippen LogP contribution in [-0.2, 0) is 46.0 Å². The van der Waals surface area contributed by atoms with E-state index in [9.17, 15) is 45.3 Å².